The molecule has 0 aliphatic heterocycles. The van der Waals surface area contributed by atoms with Crippen LogP contribution in [0.15, 0.2) is 12.1 Å². The van der Waals surface area contributed by atoms with Crippen molar-refractivity contribution in [1.29, 1.82) is 0 Å². The van der Waals surface area contributed by atoms with Crippen molar-refractivity contribution in [3.63, 3.8) is 0 Å². The molecule has 2 N–H and O–H groups in total. The molecule has 0 spiro atoms. The van der Waals surface area contributed by atoms with Gasteiger partial charge in [-0.1, -0.05) is 13.8 Å². The Hall–Kier alpha value is -1.29. The molecule has 0 heterocycles. The van der Waals surface area contributed by atoms with E-state index in [-0.39, 0.29) is 11.7 Å². The summed E-state index contributed by atoms with van der Waals surface area (Å²) >= 11 is 0. The Morgan fingerprint density at radius 3 is 2.15 bits per heavy atom. The van der Waals surface area contributed by atoms with E-state index in [4.69, 9.17) is 15.2 Å². The average molecular weight is 283 g/mol. The van der Waals surface area contributed by atoms with Crippen LogP contribution in [0.5, 0.6) is 11.5 Å². The zero-order valence-electron chi connectivity index (χ0n) is 12.9. The van der Waals surface area contributed by atoms with E-state index in [1.165, 1.54) is 6.07 Å². The number of hydrogen-bond donors (Lipinski definition) is 1. The summed E-state index contributed by atoms with van der Waals surface area (Å²) in [5.41, 5.74) is 6.25. The van der Waals surface area contributed by atoms with E-state index in [0.29, 0.717) is 42.7 Å². The second-order valence-corrected chi connectivity index (χ2v) is 5.03. The first kappa shape index (κ1) is 16.8. The summed E-state index contributed by atoms with van der Waals surface area (Å²) < 4.78 is 25.3. The largest absolute Gasteiger partial charge is 0.490 e. The van der Waals surface area contributed by atoms with E-state index in [9.17, 15) is 4.39 Å². The number of nitrogens with two attached hydrogens (primary N) is 1. The van der Waals surface area contributed by atoms with Gasteiger partial charge in [-0.25, -0.2) is 4.39 Å². The minimum absolute atomic E-state index is 0.0911. The second-order valence-electron chi connectivity index (χ2n) is 5.03. The van der Waals surface area contributed by atoms with Crippen LogP contribution in [0.4, 0.5) is 4.39 Å². The van der Waals surface area contributed by atoms with Crippen LogP contribution in [-0.2, 0) is 0 Å². The maximum atomic E-state index is 14.3. The Bertz CT molecular complexity index is 423. The highest BCUT2D eigenvalue weighted by atomic mass is 19.1. The summed E-state index contributed by atoms with van der Waals surface area (Å²) in [6.45, 7) is 9.51. The quantitative estimate of drug-likeness (QED) is 0.791. The third-order valence-electron chi connectivity index (χ3n) is 3.63. The van der Waals surface area contributed by atoms with Crippen molar-refractivity contribution in [3.05, 3.63) is 23.5 Å². The van der Waals surface area contributed by atoms with E-state index in [1.54, 1.807) is 6.07 Å². The highest BCUT2D eigenvalue weighted by Gasteiger charge is 2.20. The van der Waals surface area contributed by atoms with E-state index in [2.05, 4.69) is 6.92 Å². The molecular weight excluding hydrogens is 257 g/mol. The number of benzene rings is 1. The molecule has 3 nitrogen and oxygen atoms in total. The van der Waals surface area contributed by atoms with E-state index in [1.807, 2.05) is 20.8 Å². The molecule has 0 amide bonds. The normalized spacial score (nSPS) is 13.9. The summed E-state index contributed by atoms with van der Waals surface area (Å²) in [4.78, 5) is 0. The van der Waals surface area contributed by atoms with Crippen molar-refractivity contribution in [3.8, 4) is 11.5 Å². The van der Waals surface area contributed by atoms with Crippen LogP contribution in [0, 0.1) is 11.7 Å². The number of rotatable bonds is 8. The van der Waals surface area contributed by atoms with Crippen molar-refractivity contribution in [1.82, 2.24) is 0 Å². The molecular formula is C16H26FNO2. The average Bonchev–Trinajstić information content (AvgIpc) is 2.41. The van der Waals surface area contributed by atoms with Crippen molar-refractivity contribution >= 4 is 0 Å². The van der Waals surface area contributed by atoms with Crippen LogP contribution < -0.4 is 15.2 Å². The molecule has 0 aliphatic rings. The molecule has 0 aliphatic carbocycles. The van der Waals surface area contributed by atoms with E-state index < -0.39 is 0 Å². The highest BCUT2D eigenvalue weighted by Crippen LogP contribution is 2.36. The third-order valence-corrected chi connectivity index (χ3v) is 3.63. The SMILES string of the molecule is CCOc1cc(F)c(C(C)C(C)CCN)cc1OCC. The van der Waals surface area contributed by atoms with Gasteiger partial charge in [-0.3, -0.25) is 0 Å². The zero-order chi connectivity index (χ0) is 15.1. The van der Waals surface area contributed by atoms with Gasteiger partial charge < -0.3 is 15.2 Å². The number of halogens is 1. The molecule has 0 bridgehead atoms. The fourth-order valence-electron chi connectivity index (χ4n) is 2.26. The smallest absolute Gasteiger partial charge is 0.164 e. The predicted octanol–water partition coefficient (Wildman–Crippen LogP) is 3.71. The standard InChI is InChI=1S/C16H26FNO2/c1-5-19-15-9-13(12(4)11(3)7-8-18)14(17)10-16(15)20-6-2/h9-12H,5-8,18H2,1-4H3. The number of ether oxygens (including phenoxy) is 2. The van der Waals surface area contributed by atoms with Crippen molar-refractivity contribution in [2.24, 2.45) is 11.7 Å². The van der Waals surface area contributed by atoms with Gasteiger partial charge in [0.15, 0.2) is 11.5 Å². The lowest BCUT2D eigenvalue weighted by Crippen LogP contribution is -2.13. The van der Waals surface area contributed by atoms with E-state index in [0.717, 1.165) is 6.42 Å². The molecule has 0 aromatic heterocycles. The summed E-state index contributed by atoms with van der Waals surface area (Å²) in [6, 6.07) is 3.19. The summed E-state index contributed by atoms with van der Waals surface area (Å²) in [5, 5.41) is 0. The summed E-state index contributed by atoms with van der Waals surface area (Å²) in [5.74, 6) is 1.25. The third kappa shape index (κ3) is 4.10. The molecule has 0 saturated carbocycles. The fraction of sp³-hybridized carbons (Fsp3) is 0.625. The molecule has 1 aromatic rings. The molecule has 20 heavy (non-hydrogen) atoms. The van der Waals surface area contributed by atoms with E-state index >= 15 is 0 Å². The van der Waals surface area contributed by atoms with Crippen LogP contribution in [0.3, 0.4) is 0 Å². The molecule has 0 radical (unpaired) electrons. The van der Waals surface area contributed by atoms with Crippen molar-refractivity contribution < 1.29 is 13.9 Å². The van der Waals surface area contributed by atoms with Crippen LogP contribution in [0.1, 0.15) is 45.6 Å². The van der Waals surface area contributed by atoms with Gasteiger partial charge in [0.25, 0.3) is 0 Å². The first-order chi connectivity index (χ1) is 9.54. The van der Waals surface area contributed by atoms with Gasteiger partial charge in [0.05, 0.1) is 13.2 Å². The molecule has 4 heteroatoms. The Morgan fingerprint density at radius 2 is 1.65 bits per heavy atom. The summed E-state index contributed by atoms with van der Waals surface area (Å²) in [7, 11) is 0. The van der Waals surface area contributed by atoms with Crippen LogP contribution in [0.2, 0.25) is 0 Å². The summed E-state index contributed by atoms with van der Waals surface area (Å²) in [6.07, 6.45) is 0.873. The van der Waals surface area contributed by atoms with Gasteiger partial charge in [0.1, 0.15) is 5.82 Å². The molecule has 0 fully saturated rings. The molecule has 2 atom stereocenters. The number of hydrogen-bond acceptors (Lipinski definition) is 3. The Balaban J connectivity index is 3.10. The van der Waals surface area contributed by atoms with Gasteiger partial charge in [-0.15, -0.1) is 0 Å². The van der Waals surface area contributed by atoms with Gasteiger partial charge >= 0.3 is 0 Å². The van der Waals surface area contributed by atoms with Gasteiger partial charge in [-0.05, 0) is 50.3 Å². The highest BCUT2D eigenvalue weighted by molar-refractivity contribution is 5.45. The lowest BCUT2D eigenvalue weighted by atomic mass is 9.86. The molecule has 0 saturated heterocycles. The Labute approximate surface area is 121 Å². The van der Waals surface area contributed by atoms with Crippen molar-refractivity contribution in [2.45, 2.75) is 40.0 Å². The molecule has 1 rings (SSSR count). The van der Waals surface area contributed by atoms with Crippen LogP contribution >= 0.6 is 0 Å². The van der Waals surface area contributed by atoms with Gasteiger partial charge in [0.2, 0.25) is 0 Å². The monoisotopic (exact) mass is 283 g/mol. The second kappa shape index (κ2) is 8.10. The first-order valence-corrected chi connectivity index (χ1v) is 7.34. The topological polar surface area (TPSA) is 44.5 Å². The predicted molar refractivity (Wildman–Crippen MR) is 80.0 cm³/mol. The Kier molecular flexibility index (Phi) is 6.79. The van der Waals surface area contributed by atoms with Gasteiger partial charge in [-0.2, -0.15) is 0 Å². The molecule has 114 valence electrons. The molecule has 2 unspecified atom stereocenters. The first-order valence-electron chi connectivity index (χ1n) is 7.34. The lowest BCUT2D eigenvalue weighted by molar-refractivity contribution is 0.284. The van der Waals surface area contributed by atoms with Crippen molar-refractivity contribution in [2.75, 3.05) is 19.8 Å². The van der Waals surface area contributed by atoms with Crippen LogP contribution in [-0.4, -0.2) is 19.8 Å². The minimum atomic E-state index is -0.242. The maximum absolute atomic E-state index is 14.3. The van der Waals surface area contributed by atoms with Crippen LogP contribution in [0.25, 0.3) is 0 Å². The van der Waals surface area contributed by atoms with Gasteiger partial charge in [0, 0.05) is 6.07 Å². The Morgan fingerprint density at radius 1 is 1.10 bits per heavy atom. The fourth-order valence-corrected chi connectivity index (χ4v) is 2.26. The lowest BCUT2D eigenvalue weighted by Gasteiger charge is -2.22. The zero-order valence-corrected chi connectivity index (χ0v) is 12.9. The maximum Gasteiger partial charge on any atom is 0.164 e. The molecule has 1 aromatic carbocycles. The minimum Gasteiger partial charge on any atom is -0.490 e.